The summed E-state index contributed by atoms with van der Waals surface area (Å²) in [6, 6.07) is 15.0. The van der Waals surface area contributed by atoms with Gasteiger partial charge in [-0.2, -0.15) is 0 Å². The van der Waals surface area contributed by atoms with Gasteiger partial charge in [-0.3, -0.25) is 9.59 Å². The Kier molecular flexibility index (Phi) is 9.49. The molecule has 1 heterocycles. The number of thiophene rings is 1. The second kappa shape index (κ2) is 12.2. The second-order valence-corrected chi connectivity index (χ2v) is 11.2. The molecule has 0 unspecified atom stereocenters. The van der Waals surface area contributed by atoms with Gasteiger partial charge >= 0.3 is 5.97 Å². The van der Waals surface area contributed by atoms with E-state index in [1.54, 1.807) is 50.2 Å². The van der Waals surface area contributed by atoms with Gasteiger partial charge in [0.05, 0.1) is 17.0 Å². The highest BCUT2D eigenvalue weighted by atomic mass is 35.6. The molecule has 0 saturated carbocycles. The van der Waals surface area contributed by atoms with Crippen LogP contribution in [0.15, 0.2) is 54.6 Å². The zero-order valence-corrected chi connectivity index (χ0v) is 22.9. The Bertz CT molecular complexity index is 1240. The molecule has 3 rings (SSSR count). The van der Waals surface area contributed by atoms with Crippen molar-refractivity contribution in [3.8, 4) is 0 Å². The van der Waals surface area contributed by atoms with E-state index < -0.39 is 27.7 Å². The number of anilines is 2. The van der Waals surface area contributed by atoms with Crippen molar-refractivity contribution in [1.29, 1.82) is 0 Å². The molecule has 2 aromatic carbocycles. The Morgan fingerprint density at radius 2 is 1.64 bits per heavy atom. The van der Waals surface area contributed by atoms with E-state index in [1.807, 2.05) is 6.07 Å². The first-order chi connectivity index (χ1) is 17.0. The molecule has 0 aliphatic heterocycles. The van der Waals surface area contributed by atoms with E-state index in [9.17, 15) is 14.4 Å². The first-order valence-corrected chi connectivity index (χ1v) is 12.9. The van der Waals surface area contributed by atoms with E-state index >= 15 is 0 Å². The number of benzene rings is 2. The summed E-state index contributed by atoms with van der Waals surface area (Å²) in [6.07, 6.45) is -1.28. The number of ether oxygens (including phenoxy) is 1. The standard InChI is InChI=1S/C24H21Cl4N3O4S/c1-3-35-22(34)17-13(2)18(20(33)29-16-7-5-4-6-8-16)36-21(17)31-23(24(26,27)28)30-19(32)14-9-11-15(25)12-10-14/h4-12,23,31H,3H2,1-2H3,(H,29,33)(H,30,32)/t23-/m1/s1. The minimum Gasteiger partial charge on any atom is -0.462 e. The number of nitrogens with one attached hydrogen (secondary N) is 3. The summed E-state index contributed by atoms with van der Waals surface area (Å²) in [5, 5.41) is 8.94. The Morgan fingerprint density at radius 1 is 1.00 bits per heavy atom. The van der Waals surface area contributed by atoms with Crippen LogP contribution in [0.5, 0.6) is 0 Å². The van der Waals surface area contributed by atoms with Crippen LogP contribution in [-0.4, -0.2) is 34.3 Å². The molecule has 2 amide bonds. The molecule has 3 aromatic rings. The summed E-state index contributed by atoms with van der Waals surface area (Å²) in [5.41, 5.74) is 1.33. The molecule has 0 saturated heterocycles. The van der Waals surface area contributed by atoms with Crippen LogP contribution in [0.4, 0.5) is 10.7 Å². The number of para-hydroxylation sites is 1. The zero-order valence-electron chi connectivity index (χ0n) is 19.0. The van der Waals surface area contributed by atoms with Gasteiger partial charge in [0.15, 0.2) is 0 Å². The van der Waals surface area contributed by atoms with E-state index in [0.29, 0.717) is 16.3 Å². The first kappa shape index (κ1) is 28.1. The fourth-order valence-corrected chi connectivity index (χ4v) is 4.71. The van der Waals surface area contributed by atoms with Crippen LogP contribution in [-0.2, 0) is 4.74 Å². The number of halogens is 4. The van der Waals surface area contributed by atoms with Gasteiger partial charge in [0.1, 0.15) is 11.2 Å². The third-order valence-corrected chi connectivity index (χ3v) is 6.98. The zero-order chi connectivity index (χ0) is 26.5. The Morgan fingerprint density at radius 3 is 2.22 bits per heavy atom. The van der Waals surface area contributed by atoms with Gasteiger partial charge in [0, 0.05) is 16.3 Å². The second-order valence-electron chi connectivity index (χ2n) is 7.40. The summed E-state index contributed by atoms with van der Waals surface area (Å²) in [6.45, 7) is 3.39. The van der Waals surface area contributed by atoms with Gasteiger partial charge in [-0.05, 0) is 55.8 Å². The highest BCUT2D eigenvalue weighted by molar-refractivity contribution is 7.18. The summed E-state index contributed by atoms with van der Waals surface area (Å²) >= 11 is 25.3. The third kappa shape index (κ3) is 7.05. The Hall–Kier alpha value is -2.49. The number of hydrogen-bond acceptors (Lipinski definition) is 6. The summed E-state index contributed by atoms with van der Waals surface area (Å²) < 4.78 is 3.16. The molecule has 7 nitrogen and oxygen atoms in total. The molecule has 36 heavy (non-hydrogen) atoms. The van der Waals surface area contributed by atoms with Crippen LogP contribution < -0.4 is 16.0 Å². The van der Waals surface area contributed by atoms with Crippen molar-refractivity contribution in [2.75, 3.05) is 17.2 Å². The van der Waals surface area contributed by atoms with Crippen LogP contribution in [0, 0.1) is 6.92 Å². The van der Waals surface area contributed by atoms with Crippen molar-refractivity contribution in [2.24, 2.45) is 0 Å². The van der Waals surface area contributed by atoms with E-state index in [2.05, 4.69) is 16.0 Å². The molecule has 190 valence electrons. The van der Waals surface area contributed by atoms with Crippen molar-refractivity contribution in [1.82, 2.24) is 5.32 Å². The van der Waals surface area contributed by atoms with Gasteiger partial charge in [-0.1, -0.05) is 64.6 Å². The van der Waals surface area contributed by atoms with Crippen molar-refractivity contribution in [3.05, 3.63) is 81.2 Å². The Labute approximate surface area is 232 Å². The van der Waals surface area contributed by atoms with Crippen molar-refractivity contribution >= 4 is 86.2 Å². The maximum atomic E-state index is 13.0. The number of rotatable bonds is 8. The molecular formula is C24H21Cl4N3O4S. The highest BCUT2D eigenvalue weighted by Gasteiger charge is 2.37. The van der Waals surface area contributed by atoms with Crippen LogP contribution >= 0.6 is 57.7 Å². The van der Waals surface area contributed by atoms with Crippen LogP contribution in [0.25, 0.3) is 0 Å². The number of esters is 1. The molecule has 0 bridgehead atoms. The van der Waals surface area contributed by atoms with E-state index in [1.165, 1.54) is 12.1 Å². The fraction of sp³-hybridized carbons (Fsp3) is 0.208. The van der Waals surface area contributed by atoms with Crippen molar-refractivity contribution < 1.29 is 19.1 Å². The molecular weight excluding hydrogens is 568 g/mol. The maximum Gasteiger partial charge on any atom is 0.341 e. The van der Waals surface area contributed by atoms with Gasteiger partial charge in [0.25, 0.3) is 11.8 Å². The lowest BCUT2D eigenvalue weighted by molar-refractivity contribution is 0.0527. The number of alkyl halides is 3. The number of amides is 2. The lowest BCUT2D eigenvalue weighted by atomic mass is 10.1. The predicted octanol–water partition coefficient (Wildman–Crippen LogP) is 6.68. The molecule has 1 atom stereocenters. The predicted molar refractivity (Wildman–Crippen MR) is 146 cm³/mol. The summed E-state index contributed by atoms with van der Waals surface area (Å²) in [5.74, 6) is -1.65. The van der Waals surface area contributed by atoms with Gasteiger partial charge in [0.2, 0.25) is 3.79 Å². The number of carbonyl (C=O) groups is 3. The third-order valence-electron chi connectivity index (χ3n) is 4.85. The lowest BCUT2D eigenvalue weighted by Gasteiger charge is -2.27. The van der Waals surface area contributed by atoms with Gasteiger partial charge in [-0.15, -0.1) is 11.3 Å². The Balaban J connectivity index is 1.95. The smallest absolute Gasteiger partial charge is 0.341 e. The summed E-state index contributed by atoms with van der Waals surface area (Å²) in [7, 11) is 0. The molecule has 0 fully saturated rings. The highest BCUT2D eigenvalue weighted by Crippen LogP contribution is 2.38. The topological polar surface area (TPSA) is 96.5 Å². The van der Waals surface area contributed by atoms with Crippen LogP contribution in [0.2, 0.25) is 5.02 Å². The van der Waals surface area contributed by atoms with E-state index in [0.717, 1.165) is 11.3 Å². The molecule has 0 aliphatic carbocycles. The van der Waals surface area contributed by atoms with Crippen LogP contribution in [0.3, 0.4) is 0 Å². The van der Waals surface area contributed by atoms with Crippen molar-refractivity contribution in [2.45, 2.75) is 23.8 Å². The molecule has 12 heteroatoms. The number of carbonyl (C=O) groups excluding carboxylic acids is 3. The number of hydrogen-bond donors (Lipinski definition) is 3. The SMILES string of the molecule is CCOC(=O)c1c(N[C@@H](NC(=O)c2ccc(Cl)cc2)C(Cl)(Cl)Cl)sc(C(=O)Nc2ccccc2)c1C. The maximum absolute atomic E-state index is 13.0. The van der Waals surface area contributed by atoms with E-state index in [-0.39, 0.29) is 27.6 Å². The first-order valence-electron chi connectivity index (χ1n) is 10.6. The van der Waals surface area contributed by atoms with E-state index in [4.69, 9.17) is 51.1 Å². The van der Waals surface area contributed by atoms with Gasteiger partial charge in [-0.25, -0.2) is 4.79 Å². The largest absolute Gasteiger partial charge is 0.462 e. The molecule has 0 radical (unpaired) electrons. The normalized spacial score (nSPS) is 11.9. The molecule has 0 spiro atoms. The minimum atomic E-state index is -2.03. The monoisotopic (exact) mass is 587 g/mol. The van der Waals surface area contributed by atoms with Gasteiger partial charge < -0.3 is 20.7 Å². The quantitative estimate of drug-likeness (QED) is 0.155. The van der Waals surface area contributed by atoms with Crippen LogP contribution in [0.1, 0.15) is 42.9 Å². The molecule has 3 N–H and O–H groups in total. The fourth-order valence-electron chi connectivity index (χ4n) is 3.14. The molecule has 1 aromatic heterocycles. The average molecular weight is 589 g/mol. The van der Waals surface area contributed by atoms with Crippen molar-refractivity contribution in [3.63, 3.8) is 0 Å². The average Bonchev–Trinajstić information content (AvgIpc) is 3.15. The summed E-state index contributed by atoms with van der Waals surface area (Å²) in [4.78, 5) is 38.8. The lowest BCUT2D eigenvalue weighted by Crippen LogP contribution is -2.49. The minimum absolute atomic E-state index is 0.0973. The molecule has 0 aliphatic rings.